The summed E-state index contributed by atoms with van der Waals surface area (Å²) in [5, 5.41) is 14.6. The van der Waals surface area contributed by atoms with E-state index in [-0.39, 0.29) is 29.5 Å². The molecule has 7 heteroatoms. The maximum Gasteiger partial charge on any atom is 0.246 e. The number of likely N-dealkylation sites (N-methyl/N-ethyl adjacent to an activating group) is 1. The Bertz CT molecular complexity index is 403. The van der Waals surface area contributed by atoms with Crippen molar-refractivity contribution in [2.24, 2.45) is 16.3 Å². The second kappa shape index (κ2) is 4.56. The van der Waals surface area contributed by atoms with Gasteiger partial charge in [-0.2, -0.15) is 0 Å². The van der Waals surface area contributed by atoms with E-state index in [4.69, 9.17) is 10.9 Å². The van der Waals surface area contributed by atoms with Gasteiger partial charge in [-0.25, -0.2) is 0 Å². The number of carbonyl (C=O) groups is 2. The van der Waals surface area contributed by atoms with Gasteiger partial charge in [0.25, 0.3) is 0 Å². The molecule has 0 aromatic rings. The molecule has 100 valence electrons. The summed E-state index contributed by atoms with van der Waals surface area (Å²) in [7, 11) is 1.50. The van der Waals surface area contributed by atoms with Gasteiger partial charge in [-0.05, 0) is 18.3 Å². The van der Waals surface area contributed by atoms with Gasteiger partial charge in [-0.1, -0.05) is 5.16 Å². The first-order chi connectivity index (χ1) is 8.47. The van der Waals surface area contributed by atoms with Gasteiger partial charge in [0.15, 0.2) is 0 Å². The van der Waals surface area contributed by atoms with Crippen LogP contribution in [-0.4, -0.2) is 47.4 Å². The van der Waals surface area contributed by atoms with Gasteiger partial charge in [-0.3, -0.25) is 14.5 Å². The average molecular weight is 254 g/mol. The van der Waals surface area contributed by atoms with Gasteiger partial charge in [0, 0.05) is 20.0 Å². The molecule has 1 heterocycles. The van der Waals surface area contributed by atoms with Gasteiger partial charge in [0.1, 0.15) is 5.84 Å². The highest BCUT2D eigenvalue weighted by molar-refractivity contribution is 6.05. The van der Waals surface area contributed by atoms with Crippen molar-refractivity contribution >= 4 is 17.6 Å². The Morgan fingerprint density at radius 1 is 1.61 bits per heavy atom. The van der Waals surface area contributed by atoms with Crippen LogP contribution in [0.4, 0.5) is 0 Å². The number of nitrogens with zero attached hydrogens (tertiary/aromatic N) is 2. The predicted octanol–water partition coefficient (Wildman–Crippen LogP) is -0.750. The lowest BCUT2D eigenvalue weighted by Gasteiger charge is -2.17. The molecule has 1 saturated carbocycles. The van der Waals surface area contributed by atoms with Gasteiger partial charge in [-0.15, -0.1) is 0 Å². The Morgan fingerprint density at radius 3 is 2.72 bits per heavy atom. The Morgan fingerprint density at radius 2 is 2.28 bits per heavy atom. The number of imide groups is 1. The van der Waals surface area contributed by atoms with Crippen molar-refractivity contribution in [1.82, 2.24) is 10.2 Å². The van der Waals surface area contributed by atoms with Crippen molar-refractivity contribution in [3.8, 4) is 0 Å². The first kappa shape index (κ1) is 12.8. The molecule has 0 spiro atoms. The highest BCUT2D eigenvalue weighted by Crippen LogP contribution is 2.48. The maximum atomic E-state index is 11.7. The summed E-state index contributed by atoms with van der Waals surface area (Å²) < 4.78 is 0. The Labute approximate surface area is 105 Å². The fourth-order valence-electron chi connectivity index (χ4n) is 2.27. The largest absolute Gasteiger partial charge is 0.409 e. The zero-order valence-corrected chi connectivity index (χ0v) is 10.3. The number of rotatable bonds is 5. The van der Waals surface area contributed by atoms with E-state index in [0.717, 1.165) is 17.7 Å². The second-order valence-corrected chi connectivity index (χ2v) is 5.20. The lowest BCUT2D eigenvalue weighted by molar-refractivity contribution is -0.137. The van der Waals surface area contributed by atoms with E-state index in [0.29, 0.717) is 13.0 Å². The van der Waals surface area contributed by atoms with E-state index in [1.54, 1.807) is 0 Å². The van der Waals surface area contributed by atoms with Gasteiger partial charge in [0.2, 0.25) is 11.8 Å². The fraction of sp³-hybridized carbons (Fsp3) is 0.727. The molecule has 1 unspecified atom stereocenters. The molecular formula is C11H18N4O3. The Kier molecular flexibility index (Phi) is 3.25. The quantitative estimate of drug-likeness (QED) is 0.197. The number of nitrogens with one attached hydrogen (secondary N) is 1. The number of amidine groups is 1. The summed E-state index contributed by atoms with van der Waals surface area (Å²) >= 11 is 0. The SMILES string of the molecule is CN1C(=O)CC(NCC2(CC(N)=NO)CC2)C1=O. The summed E-state index contributed by atoms with van der Waals surface area (Å²) in [4.78, 5) is 24.2. The average Bonchev–Trinajstić information content (AvgIpc) is 3.07. The first-order valence-electron chi connectivity index (χ1n) is 5.98. The molecular weight excluding hydrogens is 236 g/mol. The third kappa shape index (κ3) is 2.45. The lowest BCUT2D eigenvalue weighted by atomic mass is 10.0. The van der Waals surface area contributed by atoms with Crippen molar-refractivity contribution in [1.29, 1.82) is 0 Å². The van der Waals surface area contributed by atoms with Crippen LogP contribution >= 0.6 is 0 Å². The molecule has 0 radical (unpaired) electrons. The van der Waals surface area contributed by atoms with Gasteiger partial charge >= 0.3 is 0 Å². The van der Waals surface area contributed by atoms with Crippen molar-refractivity contribution < 1.29 is 14.8 Å². The van der Waals surface area contributed by atoms with E-state index >= 15 is 0 Å². The van der Waals surface area contributed by atoms with E-state index in [9.17, 15) is 9.59 Å². The monoisotopic (exact) mass is 254 g/mol. The zero-order valence-electron chi connectivity index (χ0n) is 10.3. The second-order valence-electron chi connectivity index (χ2n) is 5.20. The van der Waals surface area contributed by atoms with Crippen molar-refractivity contribution in [3.05, 3.63) is 0 Å². The van der Waals surface area contributed by atoms with Crippen molar-refractivity contribution in [3.63, 3.8) is 0 Å². The normalized spacial score (nSPS) is 26.8. The number of hydrogen-bond donors (Lipinski definition) is 3. The zero-order chi connectivity index (χ0) is 13.3. The van der Waals surface area contributed by atoms with Crippen molar-refractivity contribution in [2.45, 2.75) is 31.7 Å². The highest BCUT2D eigenvalue weighted by Gasteiger charge is 2.45. The van der Waals surface area contributed by atoms with Gasteiger partial charge < -0.3 is 16.3 Å². The molecule has 0 bridgehead atoms. The number of carbonyl (C=O) groups excluding carboxylic acids is 2. The predicted molar refractivity (Wildman–Crippen MR) is 63.9 cm³/mol. The minimum atomic E-state index is -0.424. The van der Waals surface area contributed by atoms with Crippen LogP contribution in [-0.2, 0) is 9.59 Å². The fourth-order valence-corrected chi connectivity index (χ4v) is 2.27. The molecule has 1 atom stereocenters. The summed E-state index contributed by atoms with van der Waals surface area (Å²) in [6, 6.07) is -0.424. The van der Waals surface area contributed by atoms with Crippen LogP contribution in [0, 0.1) is 5.41 Å². The van der Waals surface area contributed by atoms with E-state index in [1.165, 1.54) is 7.05 Å². The minimum absolute atomic E-state index is 0.0131. The summed E-state index contributed by atoms with van der Waals surface area (Å²) in [5.41, 5.74) is 5.48. The third-order valence-corrected chi connectivity index (χ3v) is 3.75. The molecule has 1 aliphatic heterocycles. The van der Waals surface area contributed by atoms with Crippen LogP contribution in [0.15, 0.2) is 5.16 Å². The lowest BCUT2D eigenvalue weighted by Crippen LogP contribution is -2.40. The molecule has 1 aliphatic carbocycles. The number of amides is 2. The van der Waals surface area contributed by atoms with Crippen LogP contribution in [0.3, 0.4) is 0 Å². The number of likely N-dealkylation sites (tertiary alicyclic amines) is 1. The summed E-state index contributed by atoms with van der Waals surface area (Å²) in [6.07, 6.45) is 2.71. The Balaban J connectivity index is 1.86. The molecule has 2 rings (SSSR count). The molecule has 0 aromatic carbocycles. The molecule has 1 saturated heterocycles. The van der Waals surface area contributed by atoms with Gasteiger partial charge in [0.05, 0.1) is 12.5 Å². The highest BCUT2D eigenvalue weighted by atomic mass is 16.4. The maximum absolute atomic E-state index is 11.7. The smallest absolute Gasteiger partial charge is 0.246 e. The van der Waals surface area contributed by atoms with Crippen LogP contribution in [0.2, 0.25) is 0 Å². The van der Waals surface area contributed by atoms with Crippen LogP contribution in [0.25, 0.3) is 0 Å². The van der Waals surface area contributed by atoms with Crippen LogP contribution in [0.1, 0.15) is 25.7 Å². The van der Waals surface area contributed by atoms with Crippen LogP contribution in [0.5, 0.6) is 0 Å². The van der Waals surface area contributed by atoms with E-state index in [2.05, 4.69) is 10.5 Å². The van der Waals surface area contributed by atoms with E-state index < -0.39 is 6.04 Å². The molecule has 2 fully saturated rings. The Hall–Kier alpha value is -1.63. The molecule has 7 nitrogen and oxygen atoms in total. The minimum Gasteiger partial charge on any atom is -0.409 e. The van der Waals surface area contributed by atoms with E-state index in [1.807, 2.05) is 0 Å². The third-order valence-electron chi connectivity index (χ3n) is 3.75. The molecule has 18 heavy (non-hydrogen) atoms. The van der Waals surface area contributed by atoms with Crippen molar-refractivity contribution in [2.75, 3.05) is 13.6 Å². The topological polar surface area (TPSA) is 108 Å². The summed E-state index contributed by atoms with van der Waals surface area (Å²) in [6.45, 7) is 0.612. The molecule has 4 N–H and O–H groups in total. The number of nitrogens with two attached hydrogens (primary N) is 1. The first-order valence-corrected chi connectivity index (χ1v) is 5.98. The molecule has 2 aliphatic rings. The molecule has 2 amide bonds. The van der Waals surface area contributed by atoms with Crippen LogP contribution < -0.4 is 11.1 Å². The number of oxime groups is 1. The molecule has 0 aromatic heterocycles. The number of hydrogen-bond acceptors (Lipinski definition) is 5. The standard InChI is InChI=1S/C11H18N4O3/c1-15-9(16)4-7(10(15)17)13-6-11(2-3-11)5-8(12)14-18/h7,13,18H,2-6H2,1H3,(H2,12,14). The summed E-state index contributed by atoms with van der Waals surface area (Å²) in [5.74, 6) is -0.126.